The van der Waals surface area contributed by atoms with Crippen molar-refractivity contribution < 1.29 is 14.6 Å². The maximum Gasteiger partial charge on any atom is 0.309 e. The highest BCUT2D eigenvalue weighted by Gasteiger charge is 2.33. The zero-order valence-electron chi connectivity index (χ0n) is 15.3. The first-order valence-corrected chi connectivity index (χ1v) is 9.72. The number of hydrogen-bond donors (Lipinski definition) is 1. The third kappa shape index (κ3) is 9.78. The van der Waals surface area contributed by atoms with Crippen LogP contribution in [0.2, 0.25) is 0 Å². The number of esters is 1. The summed E-state index contributed by atoms with van der Waals surface area (Å²) < 4.78 is 5.08. The number of carbonyl (C=O) groups is 1. The van der Waals surface area contributed by atoms with E-state index in [1.165, 1.54) is 32.1 Å². The first kappa shape index (κ1) is 20.8. The van der Waals surface area contributed by atoms with E-state index in [0.717, 1.165) is 38.5 Å². The first-order valence-electron chi connectivity index (χ1n) is 9.72. The van der Waals surface area contributed by atoms with Crippen LogP contribution in [0.4, 0.5) is 0 Å². The van der Waals surface area contributed by atoms with Crippen LogP contribution >= 0.6 is 0 Å². The third-order valence-electron chi connectivity index (χ3n) is 4.50. The molecule has 1 aliphatic heterocycles. The number of aliphatic hydroxyl groups is 1. The van der Waals surface area contributed by atoms with Gasteiger partial charge in [0.2, 0.25) is 0 Å². The smallest absolute Gasteiger partial charge is 0.309 e. The van der Waals surface area contributed by atoms with Crippen molar-refractivity contribution in [2.24, 2.45) is 5.92 Å². The molecule has 24 heavy (non-hydrogen) atoms. The Balaban J connectivity index is 1.91. The van der Waals surface area contributed by atoms with E-state index in [0.29, 0.717) is 6.42 Å². The minimum Gasteiger partial charge on any atom is -0.460 e. The minimum absolute atomic E-state index is 0.00408. The lowest BCUT2D eigenvalue weighted by molar-refractivity contribution is -0.145. The van der Waals surface area contributed by atoms with Crippen LogP contribution in [-0.2, 0) is 9.53 Å². The summed E-state index contributed by atoms with van der Waals surface area (Å²) in [4.78, 5) is 11.6. The fraction of sp³-hybridized carbons (Fsp3) is 0.762. The quantitative estimate of drug-likeness (QED) is 0.317. The van der Waals surface area contributed by atoms with Crippen molar-refractivity contribution >= 4 is 5.97 Å². The van der Waals surface area contributed by atoms with Crippen molar-refractivity contribution in [3.05, 3.63) is 12.2 Å². The summed E-state index contributed by atoms with van der Waals surface area (Å²) in [6, 6.07) is 0. The Kier molecular flexibility index (Phi) is 12.2. The Morgan fingerprint density at radius 3 is 2.71 bits per heavy atom. The van der Waals surface area contributed by atoms with E-state index in [1.807, 2.05) is 6.08 Å². The van der Waals surface area contributed by atoms with Crippen LogP contribution in [-0.4, -0.2) is 23.8 Å². The molecule has 136 valence electrons. The highest BCUT2D eigenvalue weighted by molar-refractivity contribution is 5.74. The highest BCUT2D eigenvalue weighted by atomic mass is 16.6. The molecule has 2 atom stereocenters. The second kappa shape index (κ2) is 14.1. The van der Waals surface area contributed by atoms with Gasteiger partial charge in [0.1, 0.15) is 6.10 Å². The molecule has 1 fully saturated rings. The Morgan fingerprint density at radius 1 is 1.17 bits per heavy atom. The van der Waals surface area contributed by atoms with E-state index in [9.17, 15) is 4.79 Å². The largest absolute Gasteiger partial charge is 0.460 e. The number of unbranched alkanes of at least 4 members (excludes halogenated alkanes) is 8. The molecule has 0 aromatic heterocycles. The molecule has 0 bridgehead atoms. The Hall–Kier alpha value is -1.27. The topological polar surface area (TPSA) is 46.5 Å². The van der Waals surface area contributed by atoms with Crippen molar-refractivity contribution in [2.75, 3.05) is 6.61 Å². The second-order valence-electron chi connectivity index (χ2n) is 6.70. The van der Waals surface area contributed by atoms with Gasteiger partial charge in [-0.05, 0) is 38.2 Å². The third-order valence-corrected chi connectivity index (χ3v) is 4.50. The molecule has 3 heteroatoms. The lowest BCUT2D eigenvalue weighted by Crippen LogP contribution is -2.10. The summed E-state index contributed by atoms with van der Waals surface area (Å²) in [5.74, 6) is 6.20. The van der Waals surface area contributed by atoms with Gasteiger partial charge in [-0.25, -0.2) is 0 Å². The van der Waals surface area contributed by atoms with Crippen LogP contribution in [0.5, 0.6) is 0 Å². The predicted molar refractivity (Wildman–Crippen MR) is 98.4 cm³/mol. The highest BCUT2D eigenvalue weighted by Crippen LogP contribution is 2.25. The van der Waals surface area contributed by atoms with E-state index in [4.69, 9.17) is 9.84 Å². The lowest BCUT2D eigenvalue weighted by Gasteiger charge is -2.04. The Morgan fingerprint density at radius 2 is 1.96 bits per heavy atom. The van der Waals surface area contributed by atoms with Gasteiger partial charge in [0, 0.05) is 6.42 Å². The van der Waals surface area contributed by atoms with Gasteiger partial charge in [0.05, 0.1) is 12.5 Å². The number of cyclic esters (lactones) is 1. The molecule has 1 rings (SSSR count). The van der Waals surface area contributed by atoms with Gasteiger partial charge in [-0.2, -0.15) is 0 Å². The molecule has 0 spiro atoms. The van der Waals surface area contributed by atoms with Crippen molar-refractivity contribution in [3.8, 4) is 11.8 Å². The standard InChI is InChI=1S/C21H34O3/c1-2-3-4-5-6-7-8-9-10-11-12-13-14-15-16-19-17-20(18-22)24-21(19)23/h7-8,19-20,22H,2-6,11-18H2,1H3/t19-,20+/m1/s1. The maximum absolute atomic E-state index is 11.6. The molecule has 0 saturated carbocycles. The van der Waals surface area contributed by atoms with E-state index in [-0.39, 0.29) is 24.6 Å². The zero-order chi connectivity index (χ0) is 17.5. The molecule has 0 radical (unpaired) electrons. The number of ether oxygens (including phenoxy) is 1. The molecule has 1 N–H and O–H groups in total. The van der Waals surface area contributed by atoms with Gasteiger partial charge < -0.3 is 9.84 Å². The number of rotatable bonds is 12. The summed E-state index contributed by atoms with van der Waals surface area (Å²) in [5.41, 5.74) is 0. The molecule has 3 nitrogen and oxygen atoms in total. The molecule has 0 aromatic rings. The van der Waals surface area contributed by atoms with Crippen molar-refractivity contribution in [1.29, 1.82) is 0 Å². The van der Waals surface area contributed by atoms with Gasteiger partial charge >= 0.3 is 5.97 Å². The van der Waals surface area contributed by atoms with Gasteiger partial charge in [-0.1, -0.05) is 63.4 Å². The van der Waals surface area contributed by atoms with Crippen molar-refractivity contribution in [1.82, 2.24) is 0 Å². The Labute approximate surface area is 147 Å². The minimum atomic E-state index is -0.266. The number of hydrogen-bond acceptors (Lipinski definition) is 3. The molecule has 0 unspecified atom stereocenters. The molecule has 1 saturated heterocycles. The summed E-state index contributed by atoms with van der Waals surface area (Å²) in [5, 5.41) is 9.00. The Bertz CT molecular complexity index is 417. The van der Waals surface area contributed by atoms with Gasteiger partial charge in [0.15, 0.2) is 0 Å². The molecule has 1 heterocycles. The van der Waals surface area contributed by atoms with E-state index in [1.54, 1.807) is 0 Å². The zero-order valence-corrected chi connectivity index (χ0v) is 15.3. The summed E-state index contributed by atoms with van der Waals surface area (Å²) in [6.07, 6.45) is 17.3. The summed E-state index contributed by atoms with van der Waals surface area (Å²) >= 11 is 0. The number of aliphatic hydroxyl groups excluding tert-OH is 1. The molecular weight excluding hydrogens is 300 g/mol. The molecule has 0 aliphatic carbocycles. The van der Waals surface area contributed by atoms with E-state index >= 15 is 0 Å². The normalized spacial score (nSPS) is 20.2. The number of allylic oxidation sites excluding steroid dienone is 2. The first-order chi connectivity index (χ1) is 11.8. The number of carbonyl (C=O) groups excluding carboxylic acids is 1. The van der Waals surface area contributed by atoms with Crippen LogP contribution < -0.4 is 0 Å². The van der Waals surface area contributed by atoms with Gasteiger partial charge in [-0.15, -0.1) is 0 Å². The van der Waals surface area contributed by atoms with Gasteiger partial charge in [0.25, 0.3) is 0 Å². The summed E-state index contributed by atoms with van der Waals surface area (Å²) in [6.45, 7) is 2.19. The van der Waals surface area contributed by atoms with E-state index in [2.05, 4.69) is 24.8 Å². The lowest BCUT2D eigenvalue weighted by atomic mass is 9.97. The SMILES string of the molecule is CCCCCCC=CC#CCCCCCC[C@@H]1C[C@@H](CO)OC1=O. The average molecular weight is 334 g/mol. The average Bonchev–Trinajstić information content (AvgIpc) is 2.95. The van der Waals surface area contributed by atoms with Crippen LogP contribution in [0.25, 0.3) is 0 Å². The van der Waals surface area contributed by atoms with Crippen LogP contribution in [0.15, 0.2) is 12.2 Å². The van der Waals surface area contributed by atoms with Crippen LogP contribution in [0.1, 0.15) is 84.0 Å². The van der Waals surface area contributed by atoms with Crippen LogP contribution in [0, 0.1) is 17.8 Å². The van der Waals surface area contributed by atoms with Crippen molar-refractivity contribution in [3.63, 3.8) is 0 Å². The maximum atomic E-state index is 11.6. The van der Waals surface area contributed by atoms with Gasteiger partial charge in [-0.3, -0.25) is 4.79 Å². The fourth-order valence-corrected chi connectivity index (χ4v) is 2.99. The molecular formula is C21H34O3. The molecule has 0 amide bonds. The van der Waals surface area contributed by atoms with Crippen LogP contribution in [0.3, 0.4) is 0 Å². The van der Waals surface area contributed by atoms with E-state index < -0.39 is 0 Å². The van der Waals surface area contributed by atoms with Crippen molar-refractivity contribution in [2.45, 2.75) is 90.1 Å². The second-order valence-corrected chi connectivity index (χ2v) is 6.70. The molecule has 1 aliphatic rings. The summed E-state index contributed by atoms with van der Waals surface area (Å²) in [7, 11) is 0. The molecule has 0 aromatic carbocycles. The predicted octanol–water partition coefficient (Wildman–Crippen LogP) is 4.78. The fourth-order valence-electron chi connectivity index (χ4n) is 2.99. The monoisotopic (exact) mass is 334 g/mol.